The van der Waals surface area contributed by atoms with E-state index in [9.17, 15) is 14.7 Å². The molecular formula is C11H20N2O4. The Morgan fingerprint density at radius 3 is 2.71 bits per heavy atom. The number of hydrogen-bond donors (Lipinski definition) is 3. The molecule has 0 aromatic rings. The molecular weight excluding hydrogens is 224 g/mol. The molecule has 98 valence electrons. The quantitative estimate of drug-likeness (QED) is 0.653. The number of carboxylic acids is 1. The number of nitrogens with one attached hydrogen (secondary N) is 1. The van der Waals surface area contributed by atoms with Crippen molar-refractivity contribution in [3.05, 3.63) is 0 Å². The van der Waals surface area contributed by atoms with Gasteiger partial charge in [0.05, 0.1) is 12.5 Å². The lowest BCUT2D eigenvalue weighted by atomic mass is 10.1. The molecule has 3 N–H and O–H groups in total. The molecule has 6 heteroatoms. The maximum atomic E-state index is 11.8. The van der Waals surface area contributed by atoms with E-state index in [2.05, 4.69) is 5.32 Å². The van der Waals surface area contributed by atoms with Crippen LogP contribution >= 0.6 is 0 Å². The van der Waals surface area contributed by atoms with Crippen molar-refractivity contribution in [3.8, 4) is 0 Å². The third-order valence-corrected chi connectivity index (χ3v) is 2.84. The Kier molecular flexibility index (Phi) is 5.21. The molecule has 0 aliphatic carbocycles. The zero-order chi connectivity index (χ0) is 12.8. The second-order valence-corrected chi connectivity index (χ2v) is 4.42. The highest BCUT2D eigenvalue weighted by Crippen LogP contribution is 2.10. The molecule has 0 radical (unpaired) electrons. The predicted octanol–water partition coefficient (Wildman–Crippen LogP) is 0.406. The Balaban J connectivity index is 2.42. The topological polar surface area (TPSA) is 89.9 Å². The molecule has 6 nitrogen and oxygen atoms in total. The van der Waals surface area contributed by atoms with E-state index in [4.69, 9.17) is 5.11 Å². The van der Waals surface area contributed by atoms with Gasteiger partial charge in [-0.25, -0.2) is 4.79 Å². The van der Waals surface area contributed by atoms with Crippen LogP contribution in [0, 0.1) is 0 Å². The fourth-order valence-corrected chi connectivity index (χ4v) is 1.98. The molecule has 1 saturated heterocycles. The van der Waals surface area contributed by atoms with Gasteiger partial charge in [0, 0.05) is 19.1 Å². The summed E-state index contributed by atoms with van der Waals surface area (Å²) in [5.74, 6) is -0.912. The van der Waals surface area contributed by atoms with E-state index in [1.54, 1.807) is 0 Å². The van der Waals surface area contributed by atoms with Gasteiger partial charge in [0.1, 0.15) is 0 Å². The smallest absolute Gasteiger partial charge is 0.317 e. The van der Waals surface area contributed by atoms with E-state index < -0.39 is 12.1 Å². The van der Waals surface area contributed by atoms with Gasteiger partial charge in [0.25, 0.3) is 0 Å². The van der Waals surface area contributed by atoms with E-state index in [0.717, 1.165) is 6.42 Å². The zero-order valence-electron chi connectivity index (χ0n) is 10.1. The van der Waals surface area contributed by atoms with Crippen LogP contribution in [0.4, 0.5) is 4.79 Å². The summed E-state index contributed by atoms with van der Waals surface area (Å²) >= 11 is 0. The first kappa shape index (κ1) is 13.8. The van der Waals surface area contributed by atoms with Gasteiger partial charge in [-0.1, -0.05) is 13.3 Å². The lowest BCUT2D eigenvalue weighted by Gasteiger charge is -2.21. The minimum Gasteiger partial charge on any atom is -0.481 e. The number of carbonyl (C=O) groups is 2. The molecule has 0 aromatic heterocycles. The largest absolute Gasteiger partial charge is 0.481 e. The maximum Gasteiger partial charge on any atom is 0.317 e. The Morgan fingerprint density at radius 2 is 2.24 bits per heavy atom. The number of amides is 2. The first-order valence-electron chi connectivity index (χ1n) is 5.98. The molecule has 1 fully saturated rings. The normalized spacial score (nSPS) is 21.3. The number of likely N-dealkylation sites (tertiary alicyclic amines) is 1. The Labute approximate surface area is 101 Å². The van der Waals surface area contributed by atoms with Crippen molar-refractivity contribution >= 4 is 12.0 Å². The van der Waals surface area contributed by atoms with Crippen LogP contribution in [0.2, 0.25) is 0 Å². The number of β-amino-alcohol motifs (C(OH)–C–C–N with tert-alkyl or cyclic N) is 1. The molecule has 1 aliphatic rings. The van der Waals surface area contributed by atoms with Gasteiger partial charge in [0.15, 0.2) is 0 Å². The molecule has 1 rings (SSSR count). The molecule has 1 aliphatic heterocycles. The summed E-state index contributed by atoms with van der Waals surface area (Å²) in [5.41, 5.74) is 0. The summed E-state index contributed by atoms with van der Waals surface area (Å²) in [5, 5.41) is 20.7. The van der Waals surface area contributed by atoms with Gasteiger partial charge >= 0.3 is 12.0 Å². The molecule has 0 bridgehead atoms. The number of rotatable bonds is 5. The van der Waals surface area contributed by atoms with E-state index >= 15 is 0 Å². The molecule has 0 saturated carbocycles. The van der Waals surface area contributed by atoms with Crippen molar-refractivity contribution in [2.24, 2.45) is 0 Å². The number of carboxylic acid groups (broad SMARTS) is 1. The molecule has 2 unspecified atom stereocenters. The molecule has 0 spiro atoms. The fraction of sp³-hybridized carbons (Fsp3) is 0.818. The van der Waals surface area contributed by atoms with Gasteiger partial charge in [-0.2, -0.15) is 0 Å². The molecule has 0 aromatic carbocycles. The third-order valence-electron chi connectivity index (χ3n) is 2.84. The number of aliphatic hydroxyl groups excluding tert-OH is 1. The van der Waals surface area contributed by atoms with Gasteiger partial charge < -0.3 is 20.4 Å². The van der Waals surface area contributed by atoms with E-state index in [0.29, 0.717) is 25.9 Å². The SMILES string of the molecule is CCCC(CC(=O)O)NC(=O)N1CCC(O)C1. The lowest BCUT2D eigenvalue weighted by Crippen LogP contribution is -2.44. The number of urea groups is 1. The van der Waals surface area contributed by atoms with Crippen molar-refractivity contribution in [2.45, 2.75) is 44.8 Å². The number of nitrogens with zero attached hydrogens (tertiary/aromatic N) is 1. The first-order valence-corrected chi connectivity index (χ1v) is 5.98. The monoisotopic (exact) mass is 244 g/mol. The van der Waals surface area contributed by atoms with Gasteiger partial charge in [-0.3, -0.25) is 4.79 Å². The van der Waals surface area contributed by atoms with Gasteiger partial charge in [0.2, 0.25) is 0 Å². The highest BCUT2D eigenvalue weighted by Gasteiger charge is 2.26. The molecule has 1 heterocycles. The molecule has 17 heavy (non-hydrogen) atoms. The highest BCUT2D eigenvalue weighted by atomic mass is 16.4. The van der Waals surface area contributed by atoms with Gasteiger partial charge in [-0.05, 0) is 12.8 Å². The number of aliphatic carboxylic acids is 1. The Bertz CT molecular complexity index is 283. The molecule has 2 amide bonds. The van der Waals surface area contributed by atoms with Crippen LogP contribution in [-0.4, -0.2) is 52.3 Å². The summed E-state index contributed by atoms with van der Waals surface area (Å²) in [6, 6.07) is -0.607. The third kappa shape index (κ3) is 4.60. The lowest BCUT2D eigenvalue weighted by molar-refractivity contribution is -0.137. The molecule has 2 atom stereocenters. The summed E-state index contributed by atoms with van der Waals surface area (Å²) in [6.45, 7) is 2.80. The minimum absolute atomic E-state index is 0.0596. The fourth-order valence-electron chi connectivity index (χ4n) is 1.98. The Morgan fingerprint density at radius 1 is 1.53 bits per heavy atom. The van der Waals surface area contributed by atoms with Crippen molar-refractivity contribution in [1.29, 1.82) is 0 Å². The van der Waals surface area contributed by atoms with Crippen molar-refractivity contribution in [1.82, 2.24) is 10.2 Å². The zero-order valence-corrected chi connectivity index (χ0v) is 10.1. The Hall–Kier alpha value is -1.30. The van der Waals surface area contributed by atoms with Crippen LogP contribution in [0.1, 0.15) is 32.6 Å². The minimum atomic E-state index is -0.912. The second-order valence-electron chi connectivity index (χ2n) is 4.42. The average molecular weight is 244 g/mol. The number of carbonyl (C=O) groups excluding carboxylic acids is 1. The van der Waals surface area contributed by atoms with E-state index in [1.807, 2.05) is 6.92 Å². The van der Waals surface area contributed by atoms with Crippen molar-refractivity contribution in [2.75, 3.05) is 13.1 Å². The second kappa shape index (κ2) is 6.44. The van der Waals surface area contributed by atoms with Crippen LogP contribution in [0.25, 0.3) is 0 Å². The van der Waals surface area contributed by atoms with Crippen LogP contribution < -0.4 is 5.32 Å². The van der Waals surface area contributed by atoms with Crippen LogP contribution in [0.3, 0.4) is 0 Å². The average Bonchev–Trinajstić information content (AvgIpc) is 2.64. The van der Waals surface area contributed by atoms with Crippen LogP contribution in [0.5, 0.6) is 0 Å². The summed E-state index contributed by atoms with van der Waals surface area (Å²) in [6.07, 6.45) is 1.54. The summed E-state index contributed by atoms with van der Waals surface area (Å²) in [7, 11) is 0. The maximum absolute atomic E-state index is 11.8. The van der Waals surface area contributed by atoms with E-state index in [-0.39, 0.29) is 18.5 Å². The van der Waals surface area contributed by atoms with E-state index in [1.165, 1.54) is 4.90 Å². The first-order chi connectivity index (χ1) is 8.02. The van der Waals surface area contributed by atoms with Crippen LogP contribution in [0.15, 0.2) is 0 Å². The summed E-state index contributed by atoms with van der Waals surface area (Å²) in [4.78, 5) is 23.9. The number of aliphatic hydroxyl groups is 1. The highest BCUT2D eigenvalue weighted by molar-refractivity contribution is 5.76. The standard InChI is InChI=1S/C11H20N2O4/c1-2-3-8(6-10(15)16)12-11(17)13-5-4-9(14)7-13/h8-9,14H,2-7H2,1H3,(H,12,17)(H,15,16). The van der Waals surface area contributed by atoms with Crippen molar-refractivity contribution < 1.29 is 19.8 Å². The van der Waals surface area contributed by atoms with Crippen LogP contribution in [-0.2, 0) is 4.79 Å². The predicted molar refractivity (Wildman–Crippen MR) is 61.7 cm³/mol. The van der Waals surface area contributed by atoms with Gasteiger partial charge in [-0.15, -0.1) is 0 Å². The summed E-state index contributed by atoms with van der Waals surface area (Å²) < 4.78 is 0. The van der Waals surface area contributed by atoms with Crippen molar-refractivity contribution in [3.63, 3.8) is 0 Å². The number of hydrogen-bond acceptors (Lipinski definition) is 3.